The van der Waals surface area contributed by atoms with Crippen LogP contribution in [0.4, 0.5) is 5.69 Å². The first kappa shape index (κ1) is 12.4. The summed E-state index contributed by atoms with van der Waals surface area (Å²) in [6.45, 7) is 5.40. The molecule has 1 saturated carbocycles. The van der Waals surface area contributed by atoms with Crippen molar-refractivity contribution in [3.8, 4) is 0 Å². The van der Waals surface area contributed by atoms with E-state index in [1.54, 1.807) is 0 Å². The molecule has 94 valence electrons. The molecule has 0 aliphatic heterocycles. The van der Waals surface area contributed by atoms with Crippen LogP contribution in [0.2, 0.25) is 0 Å². The number of likely N-dealkylation sites (N-methyl/N-ethyl adjacent to an activating group) is 1. The molecule has 0 heterocycles. The average Bonchev–Trinajstić information content (AvgIpc) is 2.35. The van der Waals surface area contributed by atoms with Crippen molar-refractivity contribution in [1.82, 2.24) is 0 Å². The number of benzene rings is 1. The summed E-state index contributed by atoms with van der Waals surface area (Å²) >= 11 is 0. The van der Waals surface area contributed by atoms with Crippen molar-refractivity contribution in [2.24, 2.45) is 5.73 Å². The second-order valence-corrected chi connectivity index (χ2v) is 5.14. The molecule has 0 amide bonds. The molecule has 2 N–H and O–H groups in total. The minimum absolute atomic E-state index is 0.338. The lowest BCUT2D eigenvalue weighted by Crippen LogP contribution is -2.49. The molecule has 0 bridgehead atoms. The van der Waals surface area contributed by atoms with E-state index >= 15 is 0 Å². The summed E-state index contributed by atoms with van der Waals surface area (Å²) < 4.78 is 0. The Balaban J connectivity index is 2.17. The standard InChI is InChI=1S/C15H24N2/c1-3-17(13-10-8-12(2)9-11-13)15-7-5-4-6-14(15)16/h8-11,14-15H,3-7,16H2,1-2H3. The maximum absolute atomic E-state index is 6.28. The van der Waals surface area contributed by atoms with Crippen molar-refractivity contribution in [2.45, 2.75) is 51.6 Å². The maximum atomic E-state index is 6.28. The molecule has 0 radical (unpaired) electrons. The lowest BCUT2D eigenvalue weighted by atomic mass is 9.89. The van der Waals surface area contributed by atoms with E-state index in [1.165, 1.54) is 36.9 Å². The van der Waals surface area contributed by atoms with Gasteiger partial charge in [0, 0.05) is 24.3 Å². The Hall–Kier alpha value is -1.02. The van der Waals surface area contributed by atoms with Gasteiger partial charge in [-0.15, -0.1) is 0 Å². The van der Waals surface area contributed by atoms with Gasteiger partial charge < -0.3 is 10.6 Å². The molecular formula is C15H24N2. The summed E-state index contributed by atoms with van der Waals surface area (Å²) in [7, 11) is 0. The van der Waals surface area contributed by atoms with Crippen molar-refractivity contribution in [2.75, 3.05) is 11.4 Å². The van der Waals surface area contributed by atoms with Crippen LogP contribution in [0.25, 0.3) is 0 Å². The van der Waals surface area contributed by atoms with E-state index in [0.717, 1.165) is 6.54 Å². The molecule has 1 aliphatic rings. The van der Waals surface area contributed by atoms with Gasteiger partial charge in [-0.2, -0.15) is 0 Å². The Kier molecular flexibility index (Phi) is 4.06. The summed E-state index contributed by atoms with van der Waals surface area (Å²) in [5, 5.41) is 0. The smallest absolute Gasteiger partial charge is 0.0440 e. The van der Waals surface area contributed by atoms with Crippen LogP contribution in [0.5, 0.6) is 0 Å². The molecular weight excluding hydrogens is 208 g/mol. The van der Waals surface area contributed by atoms with E-state index in [9.17, 15) is 0 Å². The van der Waals surface area contributed by atoms with Gasteiger partial charge >= 0.3 is 0 Å². The topological polar surface area (TPSA) is 29.3 Å². The van der Waals surface area contributed by atoms with Crippen molar-refractivity contribution < 1.29 is 0 Å². The highest BCUT2D eigenvalue weighted by atomic mass is 15.2. The molecule has 2 atom stereocenters. The highest BCUT2D eigenvalue weighted by Crippen LogP contribution is 2.26. The van der Waals surface area contributed by atoms with Gasteiger partial charge in [-0.25, -0.2) is 0 Å². The largest absolute Gasteiger partial charge is 0.367 e. The number of rotatable bonds is 3. The highest BCUT2D eigenvalue weighted by Gasteiger charge is 2.26. The van der Waals surface area contributed by atoms with Gasteiger partial charge in [0.15, 0.2) is 0 Å². The normalized spacial score (nSPS) is 24.6. The third-order valence-corrected chi connectivity index (χ3v) is 3.89. The van der Waals surface area contributed by atoms with Crippen LogP contribution < -0.4 is 10.6 Å². The molecule has 0 aromatic heterocycles. The molecule has 1 aliphatic carbocycles. The fourth-order valence-corrected chi connectivity index (χ4v) is 2.87. The third kappa shape index (κ3) is 2.81. The molecule has 2 unspecified atom stereocenters. The van der Waals surface area contributed by atoms with Gasteiger partial charge in [-0.3, -0.25) is 0 Å². The number of anilines is 1. The zero-order valence-electron chi connectivity index (χ0n) is 11.0. The second kappa shape index (κ2) is 5.54. The van der Waals surface area contributed by atoms with Crippen LogP contribution in [0, 0.1) is 6.92 Å². The summed E-state index contributed by atoms with van der Waals surface area (Å²) in [5.41, 5.74) is 8.92. The Morgan fingerprint density at radius 1 is 1.18 bits per heavy atom. The van der Waals surface area contributed by atoms with E-state index in [4.69, 9.17) is 5.73 Å². The number of aryl methyl sites for hydroxylation is 1. The van der Waals surface area contributed by atoms with Crippen LogP contribution in [-0.2, 0) is 0 Å². The Morgan fingerprint density at radius 3 is 2.41 bits per heavy atom. The van der Waals surface area contributed by atoms with Crippen LogP contribution in [0.3, 0.4) is 0 Å². The van der Waals surface area contributed by atoms with Crippen molar-refractivity contribution in [1.29, 1.82) is 0 Å². The highest BCUT2D eigenvalue weighted by molar-refractivity contribution is 5.48. The molecule has 1 fully saturated rings. The van der Waals surface area contributed by atoms with Gasteiger partial charge in [-0.1, -0.05) is 30.5 Å². The van der Waals surface area contributed by atoms with Crippen molar-refractivity contribution >= 4 is 5.69 Å². The number of nitrogens with two attached hydrogens (primary N) is 1. The summed E-state index contributed by atoms with van der Waals surface area (Å²) in [6, 6.07) is 9.68. The number of hydrogen-bond acceptors (Lipinski definition) is 2. The van der Waals surface area contributed by atoms with Gasteiger partial charge in [-0.05, 0) is 38.8 Å². The molecule has 2 heteroatoms. The van der Waals surface area contributed by atoms with E-state index in [2.05, 4.69) is 43.0 Å². The van der Waals surface area contributed by atoms with E-state index in [0.29, 0.717) is 12.1 Å². The quantitative estimate of drug-likeness (QED) is 0.867. The van der Waals surface area contributed by atoms with Crippen molar-refractivity contribution in [3.05, 3.63) is 29.8 Å². The molecule has 0 saturated heterocycles. The van der Waals surface area contributed by atoms with Gasteiger partial charge in [0.25, 0.3) is 0 Å². The van der Waals surface area contributed by atoms with Gasteiger partial charge in [0.2, 0.25) is 0 Å². The Bertz CT molecular complexity index is 344. The monoisotopic (exact) mass is 232 g/mol. The molecule has 1 aromatic rings. The first-order chi connectivity index (χ1) is 8.22. The Morgan fingerprint density at radius 2 is 1.82 bits per heavy atom. The number of nitrogens with zero attached hydrogens (tertiary/aromatic N) is 1. The third-order valence-electron chi connectivity index (χ3n) is 3.89. The first-order valence-corrected chi connectivity index (χ1v) is 6.81. The second-order valence-electron chi connectivity index (χ2n) is 5.14. The van der Waals surface area contributed by atoms with Gasteiger partial charge in [0.1, 0.15) is 0 Å². The van der Waals surface area contributed by atoms with Crippen LogP contribution in [0.1, 0.15) is 38.2 Å². The summed E-state index contributed by atoms with van der Waals surface area (Å²) in [4.78, 5) is 2.48. The van der Waals surface area contributed by atoms with E-state index in [-0.39, 0.29) is 0 Å². The zero-order valence-corrected chi connectivity index (χ0v) is 11.0. The molecule has 17 heavy (non-hydrogen) atoms. The molecule has 0 spiro atoms. The zero-order chi connectivity index (χ0) is 12.3. The maximum Gasteiger partial charge on any atom is 0.0440 e. The predicted octanol–water partition coefficient (Wildman–Crippen LogP) is 3.09. The SMILES string of the molecule is CCN(c1ccc(C)cc1)C1CCCCC1N. The molecule has 2 rings (SSSR count). The van der Waals surface area contributed by atoms with Crippen molar-refractivity contribution in [3.63, 3.8) is 0 Å². The lowest BCUT2D eigenvalue weighted by Gasteiger charge is -2.39. The van der Waals surface area contributed by atoms with Crippen LogP contribution >= 0.6 is 0 Å². The molecule has 1 aromatic carbocycles. The Labute approximate surface area is 105 Å². The van der Waals surface area contributed by atoms with Crippen LogP contribution in [-0.4, -0.2) is 18.6 Å². The average molecular weight is 232 g/mol. The minimum Gasteiger partial charge on any atom is -0.367 e. The molecule has 2 nitrogen and oxygen atoms in total. The summed E-state index contributed by atoms with van der Waals surface area (Å²) in [6.07, 6.45) is 5.03. The fraction of sp³-hybridized carbons (Fsp3) is 0.600. The fourth-order valence-electron chi connectivity index (χ4n) is 2.87. The predicted molar refractivity (Wildman–Crippen MR) is 74.4 cm³/mol. The van der Waals surface area contributed by atoms with E-state index in [1.807, 2.05) is 0 Å². The van der Waals surface area contributed by atoms with E-state index < -0.39 is 0 Å². The lowest BCUT2D eigenvalue weighted by molar-refractivity contribution is 0.366. The minimum atomic E-state index is 0.338. The van der Waals surface area contributed by atoms with Gasteiger partial charge in [0.05, 0.1) is 0 Å². The first-order valence-electron chi connectivity index (χ1n) is 6.81. The summed E-state index contributed by atoms with van der Waals surface area (Å²) in [5.74, 6) is 0. The number of hydrogen-bond donors (Lipinski definition) is 1. The van der Waals surface area contributed by atoms with Crippen LogP contribution in [0.15, 0.2) is 24.3 Å².